The van der Waals surface area contributed by atoms with E-state index >= 15 is 0 Å². The van der Waals surface area contributed by atoms with E-state index in [9.17, 15) is 14.4 Å². The van der Waals surface area contributed by atoms with Gasteiger partial charge in [0, 0.05) is 28.1 Å². The summed E-state index contributed by atoms with van der Waals surface area (Å²) in [5.74, 6) is -0.388. The smallest absolute Gasteiger partial charge is 0.317 e. The number of hydrogen-bond acceptors (Lipinski definition) is 3. The fourth-order valence-electron chi connectivity index (χ4n) is 4.31. The van der Waals surface area contributed by atoms with Gasteiger partial charge in [-0.2, -0.15) is 0 Å². The highest BCUT2D eigenvalue weighted by Gasteiger charge is 2.15. The standard InChI is InChI=1S/C26H22N4O3/c1-16-8-9-17(2)30(16)20-12-10-18-11-13-22-24(21(18)14-20)29(26(33)25(32)28-22)15-23(31)27-19-6-4-3-5-7-19/h3-14H,15H2,1-2H3,(H,27,31)(H,28,32). The molecule has 0 fully saturated rings. The maximum Gasteiger partial charge on any atom is 0.317 e. The number of para-hydroxylation sites is 1. The van der Waals surface area contributed by atoms with Gasteiger partial charge in [0.2, 0.25) is 5.91 Å². The number of benzene rings is 3. The molecule has 0 aliphatic heterocycles. The van der Waals surface area contributed by atoms with Gasteiger partial charge in [0.25, 0.3) is 0 Å². The largest absolute Gasteiger partial charge is 0.325 e. The zero-order chi connectivity index (χ0) is 23.1. The van der Waals surface area contributed by atoms with E-state index < -0.39 is 11.1 Å². The molecule has 33 heavy (non-hydrogen) atoms. The Kier molecular flexibility index (Phi) is 4.94. The first kappa shape index (κ1) is 20.5. The first-order valence-electron chi connectivity index (χ1n) is 10.6. The summed E-state index contributed by atoms with van der Waals surface area (Å²) in [6, 6.07) is 22.7. The number of nitrogens with zero attached hydrogens (tertiary/aromatic N) is 2. The van der Waals surface area contributed by atoms with Crippen molar-refractivity contribution < 1.29 is 4.79 Å². The highest BCUT2D eigenvalue weighted by Crippen LogP contribution is 2.27. The van der Waals surface area contributed by atoms with Gasteiger partial charge in [0.05, 0.1) is 11.0 Å². The number of H-pyrrole nitrogens is 1. The summed E-state index contributed by atoms with van der Waals surface area (Å²) in [6.07, 6.45) is 0. The number of aromatic nitrogens is 3. The lowest BCUT2D eigenvalue weighted by Gasteiger charge is -2.15. The number of carbonyl (C=O) groups is 1. The highest BCUT2D eigenvalue weighted by atomic mass is 16.2. The predicted octanol–water partition coefficient (Wildman–Crippen LogP) is 3.89. The van der Waals surface area contributed by atoms with Gasteiger partial charge in [-0.3, -0.25) is 19.0 Å². The quantitative estimate of drug-likeness (QED) is 0.330. The summed E-state index contributed by atoms with van der Waals surface area (Å²) in [5, 5.41) is 4.46. The summed E-state index contributed by atoms with van der Waals surface area (Å²) in [7, 11) is 0. The minimum atomic E-state index is -0.767. The van der Waals surface area contributed by atoms with E-state index in [0.29, 0.717) is 16.7 Å². The molecule has 1 amide bonds. The number of carbonyl (C=O) groups excluding carboxylic acids is 1. The molecule has 0 saturated carbocycles. The van der Waals surface area contributed by atoms with Crippen LogP contribution >= 0.6 is 0 Å². The molecule has 7 heteroatoms. The van der Waals surface area contributed by atoms with Crippen molar-refractivity contribution in [3.8, 4) is 5.69 Å². The molecule has 0 unspecified atom stereocenters. The van der Waals surface area contributed by atoms with Crippen molar-refractivity contribution in [2.75, 3.05) is 5.32 Å². The average Bonchev–Trinajstić information content (AvgIpc) is 3.14. The molecule has 2 heterocycles. The van der Waals surface area contributed by atoms with Crippen molar-refractivity contribution in [3.63, 3.8) is 0 Å². The van der Waals surface area contributed by atoms with Gasteiger partial charge in [0.1, 0.15) is 6.54 Å². The van der Waals surface area contributed by atoms with Crippen LogP contribution in [0.4, 0.5) is 5.69 Å². The van der Waals surface area contributed by atoms with Crippen LogP contribution in [-0.4, -0.2) is 20.0 Å². The van der Waals surface area contributed by atoms with E-state index in [1.54, 1.807) is 18.2 Å². The molecule has 0 atom stereocenters. The van der Waals surface area contributed by atoms with Gasteiger partial charge < -0.3 is 14.9 Å². The molecule has 164 valence electrons. The van der Waals surface area contributed by atoms with E-state index in [2.05, 4.69) is 14.9 Å². The summed E-state index contributed by atoms with van der Waals surface area (Å²) >= 11 is 0. The number of nitrogens with one attached hydrogen (secondary N) is 2. The minimum absolute atomic E-state index is 0.279. The van der Waals surface area contributed by atoms with Crippen LogP contribution in [0.3, 0.4) is 0 Å². The van der Waals surface area contributed by atoms with Crippen LogP contribution in [0.15, 0.2) is 82.4 Å². The molecule has 0 bridgehead atoms. The first-order valence-corrected chi connectivity index (χ1v) is 10.6. The Morgan fingerprint density at radius 2 is 1.61 bits per heavy atom. The SMILES string of the molecule is Cc1ccc(C)n1-c1ccc2ccc3[nH]c(=O)c(=O)n(CC(=O)Nc4ccccc4)c3c2c1. The maximum absolute atomic E-state index is 12.9. The van der Waals surface area contributed by atoms with E-state index in [4.69, 9.17) is 0 Å². The highest BCUT2D eigenvalue weighted by molar-refractivity contribution is 6.05. The zero-order valence-electron chi connectivity index (χ0n) is 18.3. The number of anilines is 1. The third kappa shape index (κ3) is 3.63. The van der Waals surface area contributed by atoms with Crippen LogP contribution in [0.25, 0.3) is 27.5 Å². The van der Waals surface area contributed by atoms with Gasteiger partial charge in [-0.1, -0.05) is 30.3 Å². The third-order valence-electron chi connectivity index (χ3n) is 5.82. The summed E-state index contributed by atoms with van der Waals surface area (Å²) in [5.41, 5.74) is 3.21. The molecule has 0 saturated heterocycles. The molecule has 0 radical (unpaired) electrons. The van der Waals surface area contributed by atoms with Crippen LogP contribution in [0.1, 0.15) is 11.4 Å². The number of aryl methyl sites for hydroxylation is 2. The first-order chi connectivity index (χ1) is 15.9. The number of fused-ring (bicyclic) bond motifs is 3. The lowest BCUT2D eigenvalue weighted by Crippen LogP contribution is -2.38. The number of hydrogen-bond donors (Lipinski definition) is 2. The number of amides is 1. The second-order valence-corrected chi connectivity index (χ2v) is 8.08. The van der Waals surface area contributed by atoms with E-state index in [0.717, 1.165) is 27.8 Å². The summed E-state index contributed by atoms with van der Waals surface area (Å²) in [6.45, 7) is 3.78. The van der Waals surface area contributed by atoms with Gasteiger partial charge in [-0.25, -0.2) is 0 Å². The third-order valence-corrected chi connectivity index (χ3v) is 5.82. The van der Waals surface area contributed by atoms with E-state index in [1.807, 2.05) is 68.4 Å². The van der Waals surface area contributed by atoms with Crippen molar-refractivity contribution in [2.24, 2.45) is 0 Å². The topological polar surface area (TPSA) is 88.9 Å². The molecule has 0 aliphatic rings. The van der Waals surface area contributed by atoms with Crippen LogP contribution in [-0.2, 0) is 11.3 Å². The van der Waals surface area contributed by atoms with E-state index in [1.165, 1.54) is 4.57 Å². The Hall–Kier alpha value is -4.39. The van der Waals surface area contributed by atoms with Gasteiger partial charge in [-0.05, 0) is 61.7 Å². The van der Waals surface area contributed by atoms with Gasteiger partial charge >= 0.3 is 11.1 Å². The predicted molar refractivity (Wildman–Crippen MR) is 130 cm³/mol. The molecule has 0 spiro atoms. The lowest BCUT2D eigenvalue weighted by atomic mass is 10.1. The number of aromatic amines is 1. The van der Waals surface area contributed by atoms with Crippen molar-refractivity contribution in [2.45, 2.75) is 20.4 Å². The Morgan fingerprint density at radius 1 is 0.909 bits per heavy atom. The van der Waals surface area contributed by atoms with Crippen molar-refractivity contribution in [1.82, 2.24) is 14.1 Å². The average molecular weight is 438 g/mol. The van der Waals surface area contributed by atoms with Crippen molar-refractivity contribution >= 4 is 33.4 Å². The molecule has 5 aromatic rings. The monoisotopic (exact) mass is 438 g/mol. The second kappa shape index (κ2) is 7.94. The Morgan fingerprint density at radius 3 is 2.33 bits per heavy atom. The normalized spacial score (nSPS) is 11.2. The second-order valence-electron chi connectivity index (χ2n) is 8.08. The molecule has 5 rings (SSSR count). The minimum Gasteiger partial charge on any atom is -0.325 e. The Labute approximate surface area is 188 Å². The zero-order valence-corrected chi connectivity index (χ0v) is 18.3. The van der Waals surface area contributed by atoms with Crippen molar-refractivity contribution in [1.29, 1.82) is 0 Å². The molecular weight excluding hydrogens is 416 g/mol. The molecule has 2 N–H and O–H groups in total. The van der Waals surface area contributed by atoms with Gasteiger partial charge in [0.15, 0.2) is 0 Å². The molecular formula is C26H22N4O3. The number of rotatable bonds is 4. The van der Waals surface area contributed by atoms with Crippen LogP contribution in [0.5, 0.6) is 0 Å². The van der Waals surface area contributed by atoms with Crippen LogP contribution < -0.4 is 16.4 Å². The van der Waals surface area contributed by atoms with Crippen LogP contribution in [0.2, 0.25) is 0 Å². The van der Waals surface area contributed by atoms with Crippen molar-refractivity contribution in [3.05, 3.63) is 105 Å². The lowest BCUT2D eigenvalue weighted by molar-refractivity contribution is -0.116. The summed E-state index contributed by atoms with van der Waals surface area (Å²) in [4.78, 5) is 40.7. The molecule has 7 nitrogen and oxygen atoms in total. The summed E-state index contributed by atoms with van der Waals surface area (Å²) < 4.78 is 3.38. The maximum atomic E-state index is 12.9. The fraction of sp³-hybridized carbons (Fsp3) is 0.115. The molecule has 0 aliphatic carbocycles. The van der Waals surface area contributed by atoms with E-state index in [-0.39, 0.29) is 12.5 Å². The van der Waals surface area contributed by atoms with Crippen LogP contribution in [0, 0.1) is 13.8 Å². The molecule has 2 aromatic heterocycles. The Bertz CT molecular complexity index is 1620. The van der Waals surface area contributed by atoms with Gasteiger partial charge in [-0.15, -0.1) is 0 Å². The Balaban J connectivity index is 1.71. The molecule has 3 aromatic carbocycles. The fourth-order valence-corrected chi connectivity index (χ4v) is 4.31.